The highest BCUT2D eigenvalue weighted by Gasteiger charge is 2.26. The topological polar surface area (TPSA) is 108 Å². The molecule has 2 aromatic carbocycles. The number of benzene rings is 2. The summed E-state index contributed by atoms with van der Waals surface area (Å²) in [5, 5.41) is 2.68. The van der Waals surface area contributed by atoms with E-state index >= 15 is 0 Å². The molecule has 0 bridgehead atoms. The van der Waals surface area contributed by atoms with Crippen LogP contribution >= 0.6 is 0 Å². The van der Waals surface area contributed by atoms with E-state index in [-0.39, 0.29) is 32.0 Å². The van der Waals surface area contributed by atoms with Gasteiger partial charge in [0.15, 0.2) is 0 Å². The summed E-state index contributed by atoms with van der Waals surface area (Å²) in [7, 11) is 0. The van der Waals surface area contributed by atoms with Crippen molar-refractivity contribution in [2.45, 2.75) is 58.4 Å². The maximum Gasteiger partial charge on any atom is 0.328 e. The summed E-state index contributed by atoms with van der Waals surface area (Å²) in [5.41, 5.74) is 7.69. The van der Waals surface area contributed by atoms with Gasteiger partial charge in [-0.25, -0.2) is 4.79 Å². The molecular formula is C25H32N2O5. The number of nitrogens with one attached hydrogen (secondary N) is 1. The van der Waals surface area contributed by atoms with Gasteiger partial charge in [-0.15, -0.1) is 0 Å². The van der Waals surface area contributed by atoms with E-state index in [0.717, 1.165) is 11.1 Å². The van der Waals surface area contributed by atoms with E-state index in [4.69, 9.17) is 15.2 Å². The first-order valence-corrected chi connectivity index (χ1v) is 10.8. The third-order valence-corrected chi connectivity index (χ3v) is 4.77. The van der Waals surface area contributed by atoms with E-state index in [2.05, 4.69) is 5.32 Å². The van der Waals surface area contributed by atoms with E-state index in [9.17, 15) is 14.4 Å². The molecule has 172 valence electrons. The fourth-order valence-electron chi connectivity index (χ4n) is 3.01. The Morgan fingerprint density at radius 3 is 1.94 bits per heavy atom. The Bertz CT molecular complexity index is 855. The zero-order valence-electron chi connectivity index (χ0n) is 18.7. The smallest absolute Gasteiger partial charge is 0.328 e. The molecule has 2 rings (SSSR count). The monoisotopic (exact) mass is 440 g/mol. The maximum atomic E-state index is 12.5. The van der Waals surface area contributed by atoms with Crippen molar-refractivity contribution in [2.75, 3.05) is 0 Å². The molecule has 0 heterocycles. The number of ether oxygens (including phenoxy) is 2. The van der Waals surface area contributed by atoms with Gasteiger partial charge in [-0.2, -0.15) is 0 Å². The van der Waals surface area contributed by atoms with E-state index in [0.29, 0.717) is 6.42 Å². The van der Waals surface area contributed by atoms with Crippen LogP contribution in [0.1, 0.15) is 44.2 Å². The predicted octanol–water partition coefficient (Wildman–Crippen LogP) is 3.11. The largest absolute Gasteiger partial charge is 0.461 e. The maximum absolute atomic E-state index is 12.5. The summed E-state index contributed by atoms with van der Waals surface area (Å²) < 4.78 is 10.6. The highest BCUT2D eigenvalue weighted by Crippen LogP contribution is 2.10. The summed E-state index contributed by atoms with van der Waals surface area (Å²) in [6.45, 7) is 4.20. The Balaban J connectivity index is 1.79. The Morgan fingerprint density at radius 1 is 0.875 bits per heavy atom. The molecule has 32 heavy (non-hydrogen) atoms. The number of carbonyl (C=O) groups is 3. The van der Waals surface area contributed by atoms with E-state index < -0.39 is 29.9 Å². The molecule has 0 unspecified atom stereocenters. The van der Waals surface area contributed by atoms with Gasteiger partial charge in [0.1, 0.15) is 19.3 Å². The van der Waals surface area contributed by atoms with Gasteiger partial charge in [0.2, 0.25) is 5.91 Å². The van der Waals surface area contributed by atoms with Crippen molar-refractivity contribution in [3.8, 4) is 0 Å². The molecule has 0 spiro atoms. The molecule has 0 aliphatic rings. The number of hydrogen-bond acceptors (Lipinski definition) is 6. The highest BCUT2D eigenvalue weighted by molar-refractivity contribution is 5.87. The van der Waals surface area contributed by atoms with Crippen LogP contribution in [0.25, 0.3) is 0 Å². The molecule has 0 radical (unpaired) electrons. The molecule has 0 saturated heterocycles. The number of esters is 2. The first-order chi connectivity index (χ1) is 15.3. The second kappa shape index (κ2) is 13.3. The fraction of sp³-hybridized carbons (Fsp3) is 0.400. The van der Waals surface area contributed by atoms with Crippen LogP contribution in [-0.4, -0.2) is 29.9 Å². The van der Waals surface area contributed by atoms with Crippen LogP contribution in [0.3, 0.4) is 0 Å². The van der Waals surface area contributed by atoms with Crippen molar-refractivity contribution < 1.29 is 23.9 Å². The van der Waals surface area contributed by atoms with Gasteiger partial charge in [-0.1, -0.05) is 74.5 Å². The highest BCUT2D eigenvalue weighted by atomic mass is 16.5. The number of carbonyl (C=O) groups excluding carboxylic acids is 3. The van der Waals surface area contributed by atoms with Crippen LogP contribution in [0.4, 0.5) is 0 Å². The average molecular weight is 441 g/mol. The molecule has 0 aliphatic carbocycles. The molecule has 7 nitrogen and oxygen atoms in total. The summed E-state index contributed by atoms with van der Waals surface area (Å²) in [5.74, 6) is -1.28. The first kappa shape index (κ1) is 25.1. The van der Waals surface area contributed by atoms with Crippen LogP contribution in [0.5, 0.6) is 0 Å². The molecule has 0 fully saturated rings. The summed E-state index contributed by atoms with van der Waals surface area (Å²) >= 11 is 0. The van der Waals surface area contributed by atoms with Crippen LogP contribution in [-0.2, 0) is 37.1 Å². The molecular weight excluding hydrogens is 408 g/mol. The van der Waals surface area contributed by atoms with Crippen molar-refractivity contribution >= 4 is 17.8 Å². The molecule has 1 amide bonds. The lowest BCUT2D eigenvalue weighted by Gasteiger charge is -2.21. The SMILES string of the molecule is CC(C)C[C@H](NC(=O)[C@@H](N)CCC(=O)OCc1ccccc1)C(=O)OCc1ccccc1. The molecule has 0 aliphatic heterocycles. The van der Waals surface area contributed by atoms with E-state index in [1.54, 1.807) is 0 Å². The van der Waals surface area contributed by atoms with Gasteiger partial charge in [0.25, 0.3) is 0 Å². The van der Waals surface area contributed by atoms with Crippen molar-refractivity contribution in [1.82, 2.24) is 5.32 Å². The fourth-order valence-corrected chi connectivity index (χ4v) is 3.01. The Hall–Kier alpha value is -3.19. The number of hydrogen-bond donors (Lipinski definition) is 2. The Labute approximate surface area is 189 Å². The van der Waals surface area contributed by atoms with Gasteiger partial charge in [0.05, 0.1) is 6.04 Å². The van der Waals surface area contributed by atoms with Gasteiger partial charge < -0.3 is 20.5 Å². The minimum Gasteiger partial charge on any atom is -0.461 e. The third kappa shape index (κ3) is 9.31. The molecule has 3 N–H and O–H groups in total. The first-order valence-electron chi connectivity index (χ1n) is 10.8. The normalized spacial score (nSPS) is 12.6. The molecule has 2 atom stereocenters. The van der Waals surface area contributed by atoms with E-state index in [1.807, 2.05) is 74.5 Å². The lowest BCUT2D eigenvalue weighted by molar-refractivity contribution is -0.150. The Morgan fingerprint density at radius 2 is 1.41 bits per heavy atom. The third-order valence-electron chi connectivity index (χ3n) is 4.77. The number of amides is 1. The average Bonchev–Trinajstić information content (AvgIpc) is 2.80. The molecule has 0 aromatic heterocycles. The molecule has 2 aromatic rings. The zero-order valence-corrected chi connectivity index (χ0v) is 18.7. The lowest BCUT2D eigenvalue weighted by atomic mass is 10.0. The van der Waals surface area contributed by atoms with Crippen molar-refractivity contribution in [3.63, 3.8) is 0 Å². The van der Waals surface area contributed by atoms with Crippen molar-refractivity contribution in [1.29, 1.82) is 0 Å². The van der Waals surface area contributed by atoms with Crippen LogP contribution in [0.2, 0.25) is 0 Å². The summed E-state index contributed by atoms with van der Waals surface area (Å²) in [6, 6.07) is 16.9. The second-order valence-electron chi connectivity index (χ2n) is 8.08. The summed E-state index contributed by atoms with van der Waals surface area (Å²) in [6.07, 6.45) is 0.548. The number of nitrogens with two attached hydrogens (primary N) is 1. The van der Waals surface area contributed by atoms with Crippen molar-refractivity contribution in [3.05, 3.63) is 71.8 Å². The Kier molecular flexibility index (Phi) is 10.4. The minimum atomic E-state index is -0.934. The zero-order chi connectivity index (χ0) is 23.3. The van der Waals surface area contributed by atoms with E-state index in [1.165, 1.54) is 0 Å². The van der Waals surface area contributed by atoms with Gasteiger partial charge in [0, 0.05) is 6.42 Å². The van der Waals surface area contributed by atoms with Gasteiger partial charge in [-0.05, 0) is 29.9 Å². The van der Waals surface area contributed by atoms with Gasteiger partial charge in [-0.3, -0.25) is 9.59 Å². The second-order valence-corrected chi connectivity index (χ2v) is 8.08. The van der Waals surface area contributed by atoms with Crippen LogP contribution < -0.4 is 11.1 Å². The summed E-state index contributed by atoms with van der Waals surface area (Å²) in [4.78, 5) is 37.0. The molecule has 7 heteroatoms. The standard InChI is InChI=1S/C25H32N2O5/c1-18(2)15-22(25(30)32-17-20-11-7-4-8-12-20)27-24(29)21(26)13-14-23(28)31-16-19-9-5-3-6-10-19/h3-12,18,21-22H,13-17,26H2,1-2H3,(H,27,29)/t21-,22-/m0/s1. The van der Waals surface area contributed by atoms with Gasteiger partial charge >= 0.3 is 11.9 Å². The van der Waals surface area contributed by atoms with Crippen LogP contribution in [0.15, 0.2) is 60.7 Å². The quantitative estimate of drug-likeness (QED) is 0.491. The lowest BCUT2D eigenvalue weighted by Crippen LogP contribution is -2.49. The van der Waals surface area contributed by atoms with Crippen LogP contribution in [0, 0.1) is 5.92 Å². The molecule has 0 saturated carbocycles. The minimum absolute atomic E-state index is 0.00865. The number of rotatable bonds is 12. The predicted molar refractivity (Wildman–Crippen MR) is 121 cm³/mol. The van der Waals surface area contributed by atoms with Crippen molar-refractivity contribution in [2.24, 2.45) is 11.7 Å².